The van der Waals surface area contributed by atoms with Gasteiger partial charge in [0, 0.05) is 28.9 Å². The van der Waals surface area contributed by atoms with Crippen LogP contribution in [-0.4, -0.2) is 40.4 Å². The minimum absolute atomic E-state index is 0.0974. The number of carbonyl (C=O) groups excluding carboxylic acids is 4. The number of hydrogen-bond donors (Lipinski definition) is 0. The van der Waals surface area contributed by atoms with E-state index in [0.29, 0.717) is 11.3 Å². The maximum Gasteiger partial charge on any atom is 0.270 e. The van der Waals surface area contributed by atoms with Gasteiger partial charge in [0.25, 0.3) is 5.69 Å². The fourth-order valence-corrected chi connectivity index (χ4v) is 5.86. The molecule has 0 bridgehead atoms. The van der Waals surface area contributed by atoms with Crippen LogP contribution in [-0.2, 0) is 9.59 Å². The third kappa shape index (κ3) is 3.39. The van der Waals surface area contributed by atoms with Crippen molar-refractivity contribution in [3.05, 3.63) is 106 Å². The van der Waals surface area contributed by atoms with Crippen molar-refractivity contribution in [3.63, 3.8) is 0 Å². The number of nitro groups is 1. The lowest BCUT2D eigenvalue weighted by Crippen LogP contribution is -2.48. The summed E-state index contributed by atoms with van der Waals surface area (Å²) in [5.74, 6) is -3.37. The van der Waals surface area contributed by atoms with Crippen LogP contribution >= 0.6 is 0 Å². The number of non-ortho nitro benzene ring substituents is 1. The molecule has 3 heterocycles. The zero-order valence-electron chi connectivity index (χ0n) is 20.2. The molecule has 3 aliphatic rings. The summed E-state index contributed by atoms with van der Waals surface area (Å²) < 4.78 is 0. The second-order valence-corrected chi connectivity index (χ2v) is 9.60. The van der Waals surface area contributed by atoms with Gasteiger partial charge < -0.3 is 4.90 Å². The van der Waals surface area contributed by atoms with Crippen LogP contribution in [0.5, 0.6) is 0 Å². The van der Waals surface area contributed by atoms with Crippen molar-refractivity contribution in [1.29, 1.82) is 0 Å². The van der Waals surface area contributed by atoms with Crippen LogP contribution in [0, 0.1) is 22.0 Å². The molecule has 6 rings (SSSR count). The molecular weight excluding hydrogens is 486 g/mol. The van der Waals surface area contributed by atoms with Crippen LogP contribution in [0.1, 0.15) is 33.2 Å². The Labute approximate surface area is 217 Å². The summed E-state index contributed by atoms with van der Waals surface area (Å²) in [6, 6.07) is 17.5. The Kier molecular flexibility index (Phi) is 5.30. The normalized spacial score (nSPS) is 23.2. The van der Waals surface area contributed by atoms with Crippen LogP contribution in [0.4, 0.5) is 17.1 Å². The number of Topliss-reactive ketones (excluding diaryl/α,β-unsaturated/α-hetero) is 2. The van der Waals surface area contributed by atoms with E-state index in [4.69, 9.17) is 0 Å². The van der Waals surface area contributed by atoms with Crippen molar-refractivity contribution in [2.24, 2.45) is 11.8 Å². The molecule has 0 aliphatic carbocycles. The van der Waals surface area contributed by atoms with Gasteiger partial charge in [-0.25, -0.2) is 4.90 Å². The Balaban J connectivity index is 1.47. The number of benzene rings is 3. The average Bonchev–Trinajstić information content (AvgIpc) is 3.40. The van der Waals surface area contributed by atoms with E-state index in [9.17, 15) is 29.3 Å². The van der Waals surface area contributed by atoms with Gasteiger partial charge in [-0.3, -0.25) is 29.3 Å². The number of nitrogens with zero attached hydrogens (tertiary/aromatic N) is 3. The lowest BCUT2D eigenvalue weighted by Gasteiger charge is -2.36. The highest BCUT2D eigenvalue weighted by molar-refractivity contribution is 6.25. The molecule has 9 heteroatoms. The molecule has 0 unspecified atom stereocenters. The van der Waals surface area contributed by atoms with Gasteiger partial charge >= 0.3 is 0 Å². The third-order valence-corrected chi connectivity index (χ3v) is 7.56. The molecule has 0 aromatic heterocycles. The Morgan fingerprint density at radius 1 is 0.868 bits per heavy atom. The van der Waals surface area contributed by atoms with Crippen LogP contribution < -0.4 is 9.80 Å². The number of hydrogen-bond acceptors (Lipinski definition) is 7. The number of nitro benzene ring substituents is 1. The van der Waals surface area contributed by atoms with Crippen LogP contribution in [0.15, 0.2) is 78.9 Å². The number of ketones is 2. The smallest absolute Gasteiger partial charge is 0.270 e. The van der Waals surface area contributed by atoms with Gasteiger partial charge in [0.15, 0.2) is 11.6 Å². The van der Waals surface area contributed by atoms with Gasteiger partial charge in [0.05, 0.1) is 28.5 Å². The predicted octanol–water partition coefficient (Wildman–Crippen LogP) is 4.07. The van der Waals surface area contributed by atoms with E-state index >= 15 is 0 Å². The van der Waals surface area contributed by atoms with Gasteiger partial charge in [-0.2, -0.15) is 0 Å². The molecule has 9 nitrogen and oxygen atoms in total. The van der Waals surface area contributed by atoms with Crippen molar-refractivity contribution >= 4 is 46.5 Å². The highest BCUT2D eigenvalue weighted by Gasteiger charge is 2.64. The van der Waals surface area contributed by atoms with Gasteiger partial charge in [-0.15, -0.1) is 0 Å². The quantitative estimate of drug-likeness (QED) is 0.221. The first-order chi connectivity index (χ1) is 18.3. The maximum absolute atomic E-state index is 14.0. The van der Waals surface area contributed by atoms with Crippen molar-refractivity contribution in [2.45, 2.75) is 19.0 Å². The Bertz CT molecular complexity index is 1580. The second kappa shape index (κ2) is 8.58. The SMILES string of the molecule is CC(=O)c1ccc(N2C(=O)[C@@H]3[C@H](C2=O)[C@@H](C(=O)c2cccc([N+](=O)[O-])c2)N2c4ccccc4C=C[C@H]32)cc1. The molecule has 2 amide bonds. The van der Waals surface area contributed by atoms with E-state index in [1.165, 1.54) is 31.2 Å². The Morgan fingerprint density at radius 3 is 2.29 bits per heavy atom. The lowest BCUT2D eigenvalue weighted by molar-refractivity contribution is -0.384. The molecule has 3 aliphatic heterocycles. The van der Waals surface area contributed by atoms with Crippen molar-refractivity contribution < 1.29 is 24.1 Å². The van der Waals surface area contributed by atoms with Gasteiger partial charge in [-0.1, -0.05) is 42.5 Å². The van der Waals surface area contributed by atoms with E-state index < -0.39 is 46.4 Å². The number of imide groups is 1. The van der Waals surface area contributed by atoms with Crippen LogP contribution in [0.25, 0.3) is 6.08 Å². The van der Waals surface area contributed by atoms with Crippen LogP contribution in [0.2, 0.25) is 0 Å². The molecule has 0 saturated carbocycles. The summed E-state index contributed by atoms with van der Waals surface area (Å²) in [5, 5.41) is 11.4. The number of anilines is 2. The number of rotatable bonds is 5. The van der Waals surface area contributed by atoms with E-state index in [1.54, 1.807) is 24.3 Å². The third-order valence-electron chi connectivity index (χ3n) is 7.56. The first-order valence-electron chi connectivity index (χ1n) is 12.1. The summed E-state index contributed by atoms with van der Waals surface area (Å²) in [6.45, 7) is 1.43. The van der Waals surface area contributed by atoms with Crippen molar-refractivity contribution in [1.82, 2.24) is 0 Å². The average molecular weight is 508 g/mol. The fraction of sp³-hybridized carbons (Fsp3) is 0.172. The molecule has 0 spiro atoms. The highest BCUT2D eigenvalue weighted by Crippen LogP contribution is 2.49. The predicted molar refractivity (Wildman–Crippen MR) is 139 cm³/mol. The van der Waals surface area contributed by atoms with Gasteiger partial charge in [-0.05, 0) is 42.8 Å². The molecule has 0 N–H and O–H groups in total. The lowest BCUT2D eigenvalue weighted by atomic mass is 9.86. The van der Waals surface area contributed by atoms with Gasteiger partial charge in [0.2, 0.25) is 11.8 Å². The van der Waals surface area contributed by atoms with E-state index in [1.807, 2.05) is 41.3 Å². The largest absolute Gasteiger partial charge is 0.352 e. The Morgan fingerprint density at radius 2 is 1.58 bits per heavy atom. The summed E-state index contributed by atoms with van der Waals surface area (Å²) in [4.78, 5) is 67.2. The summed E-state index contributed by atoms with van der Waals surface area (Å²) >= 11 is 0. The highest BCUT2D eigenvalue weighted by atomic mass is 16.6. The monoisotopic (exact) mass is 507 g/mol. The molecule has 2 saturated heterocycles. The number of carbonyl (C=O) groups is 4. The molecule has 3 aromatic carbocycles. The van der Waals surface area contributed by atoms with Gasteiger partial charge in [0.1, 0.15) is 6.04 Å². The zero-order valence-corrected chi connectivity index (χ0v) is 20.2. The molecule has 4 atom stereocenters. The summed E-state index contributed by atoms with van der Waals surface area (Å²) in [5.41, 5.74) is 2.20. The minimum atomic E-state index is -1.05. The van der Waals surface area contributed by atoms with E-state index in [0.717, 1.165) is 16.2 Å². The first kappa shape index (κ1) is 23.5. The van der Waals surface area contributed by atoms with Crippen molar-refractivity contribution in [2.75, 3.05) is 9.80 Å². The molecule has 38 heavy (non-hydrogen) atoms. The molecule has 188 valence electrons. The zero-order chi connectivity index (χ0) is 26.7. The molecular formula is C29H21N3O6. The Hall–Kier alpha value is -4.92. The summed E-state index contributed by atoms with van der Waals surface area (Å²) in [6.07, 6.45) is 3.73. The van der Waals surface area contributed by atoms with Crippen LogP contribution in [0.3, 0.4) is 0 Å². The van der Waals surface area contributed by atoms with E-state index in [2.05, 4.69) is 0 Å². The molecule has 2 fully saturated rings. The molecule has 3 aromatic rings. The number of para-hydroxylation sites is 1. The number of fused-ring (bicyclic) bond motifs is 5. The standard InChI is InChI=1S/C29H21N3O6/c1-16(33)17-9-12-20(13-10-17)30-28(35)24-23-14-11-18-5-2-3-8-22(18)31(23)26(25(24)29(30)36)27(34)19-6-4-7-21(15-19)32(37)38/h2-15,23-26H,1H3/t23-,24+,25+,26+/m1/s1. The second-order valence-electron chi connectivity index (χ2n) is 9.60. The number of amides is 2. The molecule has 0 radical (unpaired) electrons. The van der Waals surface area contributed by atoms with E-state index in [-0.39, 0.29) is 17.0 Å². The fourth-order valence-electron chi connectivity index (χ4n) is 5.86. The maximum atomic E-state index is 14.0. The topological polar surface area (TPSA) is 118 Å². The minimum Gasteiger partial charge on any atom is -0.352 e. The summed E-state index contributed by atoms with van der Waals surface area (Å²) in [7, 11) is 0. The van der Waals surface area contributed by atoms with Crippen molar-refractivity contribution in [3.8, 4) is 0 Å². The first-order valence-corrected chi connectivity index (χ1v) is 12.1.